The fourth-order valence-electron chi connectivity index (χ4n) is 2.74. The molecule has 0 amide bonds. The normalized spacial score (nSPS) is 25.8. The first-order chi connectivity index (χ1) is 8.72. The Morgan fingerprint density at radius 3 is 2.58 bits per heavy atom. The highest BCUT2D eigenvalue weighted by atomic mass is 32.2. The summed E-state index contributed by atoms with van der Waals surface area (Å²) in [4.78, 5) is 12.3. The molecule has 0 saturated carbocycles. The van der Waals surface area contributed by atoms with Crippen LogP contribution in [0.25, 0.3) is 0 Å². The molecular weight excluding hydrogens is 270 g/mol. The summed E-state index contributed by atoms with van der Waals surface area (Å²) in [5, 5.41) is 0. The van der Waals surface area contributed by atoms with Crippen molar-refractivity contribution in [1.82, 2.24) is 9.36 Å². The molecule has 0 radical (unpaired) electrons. The van der Waals surface area contributed by atoms with E-state index in [1.807, 2.05) is 0 Å². The Labute approximate surface area is 111 Å². The van der Waals surface area contributed by atoms with Crippen LogP contribution in [0.15, 0.2) is 4.79 Å². The number of aromatic nitrogens is 2. The van der Waals surface area contributed by atoms with E-state index in [1.165, 1.54) is 11.8 Å². The van der Waals surface area contributed by atoms with E-state index in [2.05, 4.69) is 0 Å². The van der Waals surface area contributed by atoms with Gasteiger partial charge in [-0.05, 0) is 13.3 Å². The van der Waals surface area contributed by atoms with Gasteiger partial charge < -0.3 is 10.5 Å². The van der Waals surface area contributed by atoms with Crippen molar-refractivity contribution in [2.75, 3.05) is 24.3 Å². The fraction of sp³-hybridized carbons (Fsp3) is 0.727. The Bertz CT molecular complexity index is 658. The van der Waals surface area contributed by atoms with Crippen molar-refractivity contribution in [1.29, 1.82) is 0 Å². The molecular formula is C11H19N3O4S. The van der Waals surface area contributed by atoms with Gasteiger partial charge in [0.15, 0.2) is 9.84 Å². The lowest BCUT2D eigenvalue weighted by atomic mass is 10.0. The van der Waals surface area contributed by atoms with Gasteiger partial charge in [0.05, 0.1) is 29.3 Å². The third-order valence-corrected chi connectivity index (χ3v) is 5.59. The highest BCUT2D eigenvalue weighted by Gasteiger charge is 2.42. The van der Waals surface area contributed by atoms with Gasteiger partial charge in [0, 0.05) is 14.2 Å². The quantitative estimate of drug-likeness (QED) is 0.805. The van der Waals surface area contributed by atoms with Gasteiger partial charge >= 0.3 is 0 Å². The topological polar surface area (TPSA) is 96.3 Å². The second kappa shape index (κ2) is 4.38. The molecule has 1 saturated heterocycles. The maximum absolute atomic E-state index is 12.3. The number of anilines is 1. The van der Waals surface area contributed by atoms with E-state index in [0.29, 0.717) is 12.1 Å². The first-order valence-electron chi connectivity index (χ1n) is 5.98. The molecule has 0 aromatic carbocycles. The maximum Gasteiger partial charge on any atom is 0.290 e. The van der Waals surface area contributed by atoms with Gasteiger partial charge in [-0.2, -0.15) is 0 Å². The molecule has 0 spiro atoms. The zero-order valence-electron chi connectivity index (χ0n) is 11.3. The average Bonchev–Trinajstić information content (AvgIpc) is 2.69. The van der Waals surface area contributed by atoms with Gasteiger partial charge in [-0.3, -0.25) is 9.48 Å². The van der Waals surface area contributed by atoms with Crippen LogP contribution in [0.5, 0.6) is 0 Å². The number of methoxy groups -OCH3 is 1. The molecule has 8 heteroatoms. The van der Waals surface area contributed by atoms with E-state index in [4.69, 9.17) is 10.5 Å². The third-order valence-electron chi connectivity index (χ3n) is 3.70. The lowest BCUT2D eigenvalue weighted by Crippen LogP contribution is -2.42. The molecule has 1 aliphatic rings. The van der Waals surface area contributed by atoms with E-state index in [-0.39, 0.29) is 29.4 Å². The molecule has 2 heterocycles. The predicted octanol–water partition coefficient (Wildman–Crippen LogP) is -0.551. The van der Waals surface area contributed by atoms with Gasteiger partial charge in [0.2, 0.25) is 0 Å². The van der Waals surface area contributed by atoms with Gasteiger partial charge in [-0.25, -0.2) is 13.1 Å². The number of nitrogens with two attached hydrogens (primary N) is 1. The first kappa shape index (κ1) is 14.1. The molecule has 1 aromatic rings. The molecule has 7 nitrogen and oxygen atoms in total. The minimum atomic E-state index is -3.10. The Morgan fingerprint density at radius 2 is 2.11 bits per heavy atom. The Morgan fingerprint density at radius 1 is 1.47 bits per heavy atom. The van der Waals surface area contributed by atoms with Crippen LogP contribution in [0, 0.1) is 0 Å². The molecule has 1 aliphatic heterocycles. The van der Waals surface area contributed by atoms with E-state index in [0.717, 1.165) is 0 Å². The van der Waals surface area contributed by atoms with Crippen molar-refractivity contribution in [2.24, 2.45) is 7.05 Å². The molecule has 1 unspecified atom stereocenters. The monoisotopic (exact) mass is 289 g/mol. The summed E-state index contributed by atoms with van der Waals surface area (Å²) in [6.45, 7) is 1.99. The van der Waals surface area contributed by atoms with Crippen molar-refractivity contribution < 1.29 is 13.2 Å². The smallest absolute Gasteiger partial charge is 0.290 e. The minimum absolute atomic E-state index is 0.0381. The molecule has 1 atom stereocenters. The average molecular weight is 289 g/mol. The Hall–Kier alpha value is -1.28. The predicted molar refractivity (Wildman–Crippen MR) is 71.7 cm³/mol. The lowest BCUT2D eigenvalue weighted by Gasteiger charge is -2.26. The maximum atomic E-state index is 12.3. The molecule has 2 N–H and O–H groups in total. The summed E-state index contributed by atoms with van der Waals surface area (Å²) in [5.74, 6) is 0.0598. The summed E-state index contributed by atoms with van der Waals surface area (Å²) < 4.78 is 31.4. The van der Waals surface area contributed by atoms with Crippen molar-refractivity contribution in [3.63, 3.8) is 0 Å². The van der Waals surface area contributed by atoms with E-state index in [9.17, 15) is 13.2 Å². The third kappa shape index (κ3) is 2.18. The van der Waals surface area contributed by atoms with Crippen LogP contribution in [0.2, 0.25) is 0 Å². The molecule has 19 heavy (non-hydrogen) atoms. The van der Waals surface area contributed by atoms with Gasteiger partial charge in [0.25, 0.3) is 5.56 Å². The number of hydrogen-bond donors (Lipinski definition) is 1. The second-order valence-electron chi connectivity index (χ2n) is 5.27. The zero-order valence-corrected chi connectivity index (χ0v) is 12.2. The first-order valence-corrected chi connectivity index (χ1v) is 7.80. The van der Waals surface area contributed by atoms with Gasteiger partial charge in [-0.1, -0.05) is 0 Å². The van der Waals surface area contributed by atoms with Crippen molar-refractivity contribution in [3.8, 4) is 0 Å². The van der Waals surface area contributed by atoms with Crippen molar-refractivity contribution in [3.05, 3.63) is 16.0 Å². The molecule has 0 bridgehead atoms. The molecule has 0 aliphatic carbocycles. The fourth-order valence-corrected chi connectivity index (χ4v) is 4.85. The van der Waals surface area contributed by atoms with Crippen LogP contribution in [0.3, 0.4) is 0 Å². The summed E-state index contributed by atoms with van der Waals surface area (Å²) in [5.41, 5.74) is 5.39. The summed E-state index contributed by atoms with van der Waals surface area (Å²) >= 11 is 0. The summed E-state index contributed by atoms with van der Waals surface area (Å²) in [6.07, 6.45) is 0.416. The number of nitrogens with zero attached hydrogens (tertiary/aromatic N) is 2. The van der Waals surface area contributed by atoms with Crippen LogP contribution in [0.4, 0.5) is 5.69 Å². The molecule has 1 aromatic heterocycles. The Kier molecular flexibility index (Phi) is 3.26. The zero-order chi connectivity index (χ0) is 14.4. The SMILES string of the molecule is COCc1c(N)c(=O)n(C2(C)CCS(=O)(=O)C2)n1C. The summed E-state index contributed by atoms with van der Waals surface area (Å²) in [7, 11) is 0.117. The summed E-state index contributed by atoms with van der Waals surface area (Å²) in [6, 6.07) is 0. The number of nitrogen functional groups attached to an aromatic ring is 1. The lowest BCUT2D eigenvalue weighted by molar-refractivity contribution is 0.172. The standard InChI is InChI=1S/C11H19N3O4S/c1-11(4-5-19(16,17)7-11)14-10(15)9(12)8(6-18-3)13(14)2/h4-7,12H2,1-3H3. The van der Waals surface area contributed by atoms with Gasteiger partial charge in [-0.15, -0.1) is 0 Å². The highest BCUT2D eigenvalue weighted by molar-refractivity contribution is 7.91. The van der Waals surface area contributed by atoms with Crippen molar-refractivity contribution in [2.45, 2.75) is 25.5 Å². The van der Waals surface area contributed by atoms with E-state index >= 15 is 0 Å². The molecule has 2 rings (SSSR count). The van der Waals surface area contributed by atoms with Crippen LogP contribution in [0.1, 0.15) is 19.0 Å². The number of ether oxygens (including phenoxy) is 1. The van der Waals surface area contributed by atoms with Gasteiger partial charge in [0.1, 0.15) is 5.69 Å². The van der Waals surface area contributed by atoms with E-state index < -0.39 is 15.4 Å². The Balaban J connectivity index is 2.59. The molecule has 1 fully saturated rings. The number of hydrogen-bond acceptors (Lipinski definition) is 5. The minimum Gasteiger partial charge on any atom is -0.393 e. The van der Waals surface area contributed by atoms with Crippen LogP contribution >= 0.6 is 0 Å². The van der Waals surface area contributed by atoms with E-state index in [1.54, 1.807) is 18.7 Å². The molecule has 108 valence electrons. The van der Waals surface area contributed by atoms with Crippen molar-refractivity contribution >= 4 is 15.5 Å². The second-order valence-corrected chi connectivity index (χ2v) is 7.46. The number of rotatable bonds is 3. The van der Waals surface area contributed by atoms with Crippen LogP contribution < -0.4 is 11.3 Å². The van der Waals surface area contributed by atoms with Crippen LogP contribution in [-0.2, 0) is 33.8 Å². The largest absolute Gasteiger partial charge is 0.393 e. The number of sulfone groups is 1. The van der Waals surface area contributed by atoms with Crippen LogP contribution in [-0.4, -0.2) is 36.4 Å². The highest BCUT2D eigenvalue weighted by Crippen LogP contribution is 2.30.